The largest absolute Gasteiger partial charge is 0.302 e. The van der Waals surface area contributed by atoms with Crippen molar-refractivity contribution in [1.29, 1.82) is 5.26 Å². The van der Waals surface area contributed by atoms with Crippen LogP contribution >= 0.6 is 23.1 Å². The third kappa shape index (κ3) is 2.30. The Balaban J connectivity index is 1.76. The summed E-state index contributed by atoms with van der Waals surface area (Å²) in [6.45, 7) is 2.46. The van der Waals surface area contributed by atoms with Crippen molar-refractivity contribution in [1.82, 2.24) is 15.2 Å². The topological polar surface area (TPSA) is 85.7 Å². The Labute approximate surface area is 123 Å². The van der Waals surface area contributed by atoms with E-state index in [1.165, 1.54) is 23.1 Å². The average Bonchev–Trinajstić information content (AvgIpc) is 3.12. The Kier molecular flexibility index (Phi) is 3.46. The molecule has 1 aliphatic heterocycles. The van der Waals surface area contributed by atoms with Crippen molar-refractivity contribution < 1.29 is 4.79 Å². The molecule has 0 aliphatic carbocycles. The number of nitrogens with one attached hydrogen (secondary N) is 1. The molecule has 0 saturated carbocycles. The number of aromatic amines is 1. The van der Waals surface area contributed by atoms with Crippen molar-refractivity contribution >= 4 is 34.0 Å². The maximum Gasteiger partial charge on any atom is 0.241 e. The standard InChI is InChI=1S/C12H11N5OS2/c1-7-14-12(16-15-7)20-9-2-4-17(10(9)18)11-8(6-13)3-5-19-11/h3,5,9H,2,4H2,1H3,(H,14,15,16)/t9-/m0/s1. The molecule has 1 amide bonds. The van der Waals surface area contributed by atoms with Gasteiger partial charge in [-0.1, -0.05) is 11.8 Å². The third-order valence-corrected chi connectivity index (χ3v) is 5.04. The van der Waals surface area contributed by atoms with Crippen LogP contribution in [0, 0.1) is 18.3 Å². The van der Waals surface area contributed by atoms with Crippen LogP contribution in [0.3, 0.4) is 0 Å². The second kappa shape index (κ2) is 5.26. The summed E-state index contributed by atoms with van der Waals surface area (Å²) in [6.07, 6.45) is 0.736. The molecule has 2 aromatic heterocycles. The van der Waals surface area contributed by atoms with Crippen LogP contribution < -0.4 is 4.90 Å². The zero-order valence-electron chi connectivity index (χ0n) is 10.7. The number of thiophene rings is 1. The van der Waals surface area contributed by atoms with Gasteiger partial charge in [0, 0.05) is 6.54 Å². The summed E-state index contributed by atoms with van der Waals surface area (Å²) in [6, 6.07) is 3.86. The van der Waals surface area contributed by atoms with Crippen LogP contribution in [0.4, 0.5) is 5.00 Å². The van der Waals surface area contributed by atoms with Gasteiger partial charge in [-0.15, -0.1) is 16.4 Å². The van der Waals surface area contributed by atoms with E-state index < -0.39 is 0 Å². The molecule has 0 bridgehead atoms. The fourth-order valence-electron chi connectivity index (χ4n) is 2.06. The molecule has 102 valence electrons. The van der Waals surface area contributed by atoms with Crippen molar-refractivity contribution in [2.24, 2.45) is 0 Å². The number of rotatable bonds is 3. The Hall–Kier alpha value is -1.85. The molecule has 8 heteroatoms. The molecule has 0 unspecified atom stereocenters. The SMILES string of the molecule is Cc1nc(S[C@H]2CCN(c3sccc3C#N)C2=O)n[nH]1. The molecule has 2 aromatic rings. The van der Waals surface area contributed by atoms with Crippen LogP contribution in [0.5, 0.6) is 0 Å². The van der Waals surface area contributed by atoms with E-state index in [9.17, 15) is 4.79 Å². The molecule has 0 spiro atoms. The van der Waals surface area contributed by atoms with Gasteiger partial charge in [0.2, 0.25) is 11.1 Å². The number of hydrogen-bond acceptors (Lipinski definition) is 6. The minimum atomic E-state index is -0.182. The van der Waals surface area contributed by atoms with Crippen molar-refractivity contribution in [3.8, 4) is 6.07 Å². The molecule has 1 fully saturated rings. The Morgan fingerprint density at radius 1 is 1.65 bits per heavy atom. The van der Waals surface area contributed by atoms with Crippen molar-refractivity contribution in [2.45, 2.75) is 23.8 Å². The summed E-state index contributed by atoms with van der Waals surface area (Å²) in [5, 5.41) is 18.8. The summed E-state index contributed by atoms with van der Waals surface area (Å²) >= 11 is 2.80. The van der Waals surface area contributed by atoms with Crippen molar-refractivity contribution in [3.05, 3.63) is 22.8 Å². The maximum absolute atomic E-state index is 12.4. The van der Waals surface area contributed by atoms with E-state index in [0.29, 0.717) is 17.3 Å². The number of aryl methyl sites for hydroxylation is 1. The average molecular weight is 305 g/mol. The van der Waals surface area contributed by atoms with Gasteiger partial charge in [-0.05, 0) is 24.8 Å². The third-order valence-electron chi connectivity index (χ3n) is 2.99. The lowest BCUT2D eigenvalue weighted by Crippen LogP contribution is -2.27. The van der Waals surface area contributed by atoms with E-state index in [-0.39, 0.29) is 11.2 Å². The Bertz CT molecular complexity index is 686. The molecular formula is C12H11N5OS2. The van der Waals surface area contributed by atoms with Gasteiger partial charge in [0.25, 0.3) is 0 Å². The van der Waals surface area contributed by atoms with E-state index in [2.05, 4.69) is 21.3 Å². The number of nitrogens with zero attached hydrogens (tertiary/aromatic N) is 4. The fourth-order valence-corrected chi connectivity index (χ4v) is 3.94. The van der Waals surface area contributed by atoms with Crippen LogP contribution in [-0.2, 0) is 4.79 Å². The first-order valence-corrected chi connectivity index (χ1v) is 7.79. The lowest BCUT2D eigenvalue weighted by molar-refractivity contribution is -0.116. The van der Waals surface area contributed by atoms with E-state index in [1.807, 2.05) is 12.3 Å². The number of thioether (sulfide) groups is 1. The molecule has 3 rings (SSSR count). The molecule has 6 nitrogen and oxygen atoms in total. The van der Waals surface area contributed by atoms with Crippen molar-refractivity contribution in [3.63, 3.8) is 0 Å². The number of hydrogen-bond donors (Lipinski definition) is 1. The van der Waals surface area contributed by atoms with Gasteiger partial charge in [-0.25, -0.2) is 4.98 Å². The second-order valence-electron chi connectivity index (χ2n) is 4.34. The summed E-state index contributed by atoms with van der Waals surface area (Å²) in [7, 11) is 0. The molecule has 3 heterocycles. The minimum Gasteiger partial charge on any atom is -0.302 e. The Morgan fingerprint density at radius 3 is 3.20 bits per heavy atom. The smallest absolute Gasteiger partial charge is 0.241 e. The highest BCUT2D eigenvalue weighted by Gasteiger charge is 2.35. The fraction of sp³-hybridized carbons (Fsp3) is 0.333. The molecule has 20 heavy (non-hydrogen) atoms. The van der Waals surface area contributed by atoms with Gasteiger partial charge < -0.3 is 4.90 Å². The van der Waals surface area contributed by atoms with E-state index in [0.717, 1.165) is 17.2 Å². The molecule has 0 radical (unpaired) electrons. The van der Waals surface area contributed by atoms with Gasteiger partial charge in [-0.3, -0.25) is 9.89 Å². The monoisotopic (exact) mass is 305 g/mol. The summed E-state index contributed by atoms with van der Waals surface area (Å²) in [4.78, 5) is 18.3. The first-order chi connectivity index (χ1) is 9.69. The highest BCUT2D eigenvalue weighted by atomic mass is 32.2. The zero-order chi connectivity index (χ0) is 14.1. The minimum absolute atomic E-state index is 0.0244. The van der Waals surface area contributed by atoms with Crippen LogP contribution in [-0.4, -0.2) is 32.9 Å². The number of nitriles is 1. The first kappa shape index (κ1) is 13.1. The Morgan fingerprint density at radius 2 is 2.50 bits per heavy atom. The van der Waals surface area contributed by atoms with Gasteiger partial charge in [0.05, 0.1) is 10.8 Å². The highest BCUT2D eigenvalue weighted by Crippen LogP contribution is 2.35. The summed E-state index contributed by atoms with van der Waals surface area (Å²) in [5.74, 6) is 0.760. The zero-order valence-corrected chi connectivity index (χ0v) is 12.3. The van der Waals surface area contributed by atoms with Gasteiger partial charge in [0.15, 0.2) is 0 Å². The highest BCUT2D eigenvalue weighted by molar-refractivity contribution is 8.00. The second-order valence-corrected chi connectivity index (χ2v) is 6.40. The molecular weight excluding hydrogens is 294 g/mol. The number of carbonyl (C=O) groups is 1. The summed E-state index contributed by atoms with van der Waals surface area (Å²) in [5.41, 5.74) is 0.558. The number of aromatic nitrogens is 3. The van der Waals surface area contributed by atoms with E-state index >= 15 is 0 Å². The predicted octanol–water partition coefficient (Wildman–Crippen LogP) is 1.94. The quantitative estimate of drug-likeness (QED) is 0.936. The van der Waals surface area contributed by atoms with E-state index in [4.69, 9.17) is 5.26 Å². The predicted molar refractivity (Wildman–Crippen MR) is 76.8 cm³/mol. The number of amides is 1. The van der Waals surface area contributed by atoms with Crippen molar-refractivity contribution in [2.75, 3.05) is 11.4 Å². The molecule has 1 saturated heterocycles. The van der Waals surface area contributed by atoms with Gasteiger partial charge >= 0.3 is 0 Å². The number of anilines is 1. The van der Waals surface area contributed by atoms with Gasteiger partial charge in [0.1, 0.15) is 16.9 Å². The molecule has 1 atom stereocenters. The van der Waals surface area contributed by atoms with Crippen LogP contribution in [0.15, 0.2) is 16.6 Å². The lowest BCUT2D eigenvalue weighted by Gasteiger charge is -2.14. The molecule has 0 aromatic carbocycles. The normalized spacial score (nSPS) is 18.5. The maximum atomic E-state index is 12.4. The molecule has 1 aliphatic rings. The van der Waals surface area contributed by atoms with Crippen LogP contribution in [0.2, 0.25) is 0 Å². The lowest BCUT2D eigenvalue weighted by atomic mass is 10.3. The molecule has 1 N–H and O–H groups in total. The number of H-pyrrole nitrogens is 1. The van der Waals surface area contributed by atoms with Crippen LogP contribution in [0.25, 0.3) is 0 Å². The summed E-state index contributed by atoms with van der Waals surface area (Å²) < 4.78 is 0. The first-order valence-electron chi connectivity index (χ1n) is 6.03. The number of carbonyl (C=O) groups excluding carboxylic acids is 1. The van der Waals surface area contributed by atoms with E-state index in [1.54, 1.807) is 11.0 Å². The van der Waals surface area contributed by atoms with Gasteiger partial charge in [-0.2, -0.15) is 5.26 Å². The van der Waals surface area contributed by atoms with Crippen LogP contribution in [0.1, 0.15) is 17.8 Å².